The van der Waals surface area contributed by atoms with Gasteiger partial charge in [-0.25, -0.2) is 14.6 Å². The predicted octanol–water partition coefficient (Wildman–Crippen LogP) is 3.30. The van der Waals surface area contributed by atoms with Crippen LogP contribution in [0, 0.1) is 11.3 Å². The smallest absolute Gasteiger partial charge is 0.254 e. The van der Waals surface area contributed by atoms with Crippen molar-refractivity contribution in [3.8, 4) is 11.8 Å². The number of halogens is 1. The maximum atomic E-state index is 12.9. The van der Waals surface area contributed by atoms with Crippen molar-refractivity contribution >= 4 is 34.4 Å². The van der Waals surface area contributed by atoms with Gasteiger partial charge in [-0.05, 0) is 36.4 Å². The van der Waals surface area contributed by atoms with Crippen LogP contribution in [0.5, 0.6) is 0 Å². The summed E-state index contributed by atoms with van der Waals surface area (Å²) in [5, 5.41) is 15.0. The molecule has 0 bridgehead atoms. The quantitative estimate of drug-likeness (QED) is 0.482. The van der Waals surface area contributed by atoms with Gasteiger partial charge in [0.25, 0.3) is 5.91 Å². The number of nitriles is 1. The molecule has 0 radical (unpaired) electrons. The molecule has 0 unspecified atom stereocenters. The van der Waals surface area contributed by atoms with Gasteiger partial charge in [0.1, 0.15) is 12.1 Å². The summed E-state index contributed by atoms with van der Waals surface area (Å²) in [6.45, 7) is 2.39. The number of hydrogen-bond donors (Lipinski definition) is 0. The van der Waals surface area contributed by atoms with Crippen molar-refractivity contribution in [2.45, 2.75) is 0 Å². The summed E-state index contributed by atoms with van der Waals surface area (Å²) in [5.74, 6) is 0.727. The number of carbonyl (C=O) groups excluding carboxylic acids is 1. The largest absolute Gasteiger partial charge is 0.352 e. The van der Waals surface area contributed by atoms with E-state index in [1.807, 2.05) is 24.3 Å². The standard InChI is InChI=1S/C23H18ClN7O/c24-18-5-2-6-19(12-18)31-22-20(14-28-31)21(26-15-27-22)29-7-9-30(10-8-29)23(32)17-4-1-3-16(11-17)13-25/h1-6,11-12,14-15H,7-10H2. The predicted molar refractivity (Wildman–Crippen MR) is 121 cm³/mol. The zero-order valence-corrected chi connectivity index (χ0v) is 17.8. The highest BCUT2D eigenvalue weighted by molar-refractivity contribution is 6.30. The van der Waals surface area contributed by atoms with Crippen LogP contribution in [0.25, 0.3) is 16.7 Å². The minimum atomic E-state index is -0.0663. The Labute approximate surface area is 189 Å². The van der Waals surface area contributed by atoms with E-state index in [9.17, 15) is 4.79 Å². The lowest BCUT2D eigenvalue weighted by Gasteiger charge is -2.35. The lowest BCUT2D eigenvalue weighted by Crippen LogP contribution is -2.49. The molecular weight excluding hydrogens is 426 g/mol. The van der Waals surface area contributed by atoms with Crippen molar-refractivity contribution < 1.29 is 4.79 Å². The first-order chi connectivity index (χ1) is 15.6. The number of nitrogens with zero attached hydrogens (tertiary/aromatic N) is 7. The zero-order chi connectivity index (χ0) is 22.1. The maximum Gasteiger partial charge on any atom is 0.254 e. The summed E-state index contributed by atoms with van der Waals surface area (Å²) in [4.78, 5) is 25.7. The van der Waals surface area contributed by atoms with Crippen molar-refractivity contribution in [3.05, 3.63) is 77.2 Å². The summed E-state index contributed by atoms with van der Waals surface area (Å²) < 4.78 is 1.74. The highest BCUT2D eigenvalue weighted by Gasteiger charge is 2.25. The van der Waals surface area contributed by atoms with Crippen LogP contribution in [0.2, 0.25) is 5.02 Å². The first kappa shape index (κ1) is 20.0. The van der Waals surface area contributed by atoms with Crippen LogP contribution in [-0.2, 0) is 0 Å². The highest BCUT2D eigenvalue weighted by Crippen LogP contribution is 2.26. The number of anilines is 1. The van der Waals surface area contributed by atoms with E-state index in [0.717, 1.165) is 16.9 Å². The number of amides is 1. The van der Waals surface area contributed by atoms with Crippen LogP contribution in [0.1, 0.15) is 15.9 Å². The average molecular weight is 444 g/mol. The Bertz CT molecular complexity index is 1350. The summed E-state index contributed by atoms with van der Waals surface area (Å²) >= 11 is 6.14. The van der Waals surface area contributed by atoms with Crippen LogP contribution >= 0.6 is 11.6 Å². The molecule has 1 aliphatic heterocycles. The Morgan fingerprint density at radius 2 is 1.84 bits per heavy atom. The third-order valence-electron chi connectivity index (χ3n) is 5.50. The summed E-state index contributed by atoms with van der Waals surface area (Å²) in [7, 11) is 0. The van der Waals surface area contributed by atoms with Gasteiger partial charge in [0.15, 0.2) is 5.65 Å². The van der Waals surface area contributed by atoms with E-state index in [1.165, 1.54) is 6.33 Å². The monoisotopic (exact) mass is 443 g/mol. The van der Waals surface area contributed by atoms with Gasteiger partial charge in [-0.15, -0.1) is 0 Å². The minimum absolute atomic E-state index is 0.0663. The lowest BCUT2D eigenvalue weighted by molar-refractivity contribution is 0.0746. The van der Waals surface area contributed by atoms with Crippen LogP contribution in [0.15, 0.2) is 61.1 Å². The van der Waals surface area contributed by atoms with Crippen molar-refractivity contribution in [2.75, 3.05) is 31.1 Å². The van der Waals surface area contributed by atoms with Gasteiger partial charge in [0, 0.05) is 36.8 Å². The van der Waals surface area contributed by atoms with Crippen LogP contribution in [0.4, 0.5) is 5.82 Å². The van der Waals surface area contributed by atoms with Crippen LogP contribution in [0.3, 0.4) is 0 Å². The van der Waals surface area contributed by atoms with Gasteiger partial charge in [0.2, 0.25) is 0 Å². The number of hydrogen-bond acceptors (Lipinski definition) is 6. The maximum absolute atomic E-state index is 12.9. The molecule has 158 valence electrons. The van der Waals surface area contributed by atoms with E-state index in [2.05, 4.69) is 26.0 Å². The molecule has 0 saturated carbocycles. The molecule has 1 saturated heterocycles. The van der Waals surface area contributed by atoms with Crippen molar-refractivity contribution in [2.24, 2.45) is 0 Å². The second-order valence-corrected chi connectivity index (χ2v) is 7.88. The van der Waals surface area contributed by atoms with E-state index < -0.39 is 0 Å². The number of piperazine rings is 1. The van der Waals surface area contributed by atoms with Crippen LogP contribution < -0.4 is 4.90 Å². The molecule has 0 aliphatic carbocycles. The fourth-order valence-electron chi connectivity index (χ4n) is 3.91. The van der Waals surface area contributed by atoms with Crippen molar-refractivity contribution in [3.63, 3.8) is 0 Å². The fraction of sp³-hybridized carbons (Fsp3) is 0.174. The van der Waals surface area contributed by atoms with Gasteiger partial charge < -0.3 is 9.80 Å². The topological polar surface area (TPSA) is 90.9 Å². The number of benzene rings is 2. The molecule has 1 amide bonds. The molecule has 0 spiro atoms. The number of fused-ring (bicyclic) bond motifs is 1. The van der Waals surface area contributed by atoms with Gasteiger partial charge in [-0.3, -0.25) is 4.79 Å². The molecule has 8 nitrogen and oxygen atoms in total. The average Bonchev–Trinajstić information content (AvgIpc) is 3.28. The van der Waals surface area contributed by atoms with Crippen molar-refractivity contribution in [1.82, 2.24) is 24.6 Å². The molecule has 3 heterocycles. The lowest BCUT2D eigenvalue weighted by atomic mass is 10.1. The van der Waals surface area contributed by atoms with E-state index >= 15 is 0 Å². The molecule has 4 aromatic rings. The van der Waals surface area contributed by atoms with Crippen LogP contribution in [-0.4, -0.2) is 56.7 Å². The van der Waals surface area contributed by atoms with E-state index in [-0.39, 0.29) is 5.91 Å². The third-order valence-corrected chi connectivity index (χ3v) is 5.74. The fourth-order valence-corrected chi connectivity index (χ4v) is 4.09. The normalized spacial score (nSPS) is 13.9. The summed E-state index contributed by atoms with van der Waals surface area (Å²) in [6.07, 6.45) is 3.29. The van der Waals surface area contributed by atoms with Gasteiger partial charge in [-0.2, -0.15) is 10.4 Å². The Kier molecular flexibility index (Phi) is 5.17. The molecular formula is C23H18ClN7O. The summed E-state index contributed by atoms with van der Waals surface area (Å²) in [6, 6.07) is 16.3. The van der Waals surface area contributed by atoms with Crippen molar-refractivity contribution in [1.29, 1.82) is 5.26 Å². The molecule has 0 N–H and O–H groups in total. The Balaban J connectivity index is 1.36. The SMILES string of the molecule is N#Cc1cccc(C(=O)N2CCN(c3ncnc4c3cnn4-c3cccc(Cl)c3)CC2)c1. The number of aromatic nitrogens is 4. The molecule has 2 aromatic heterocycles. The Morgan fingerprint density at radius 3 is 2.62 bits per heavy atom. The van der Waals surface area contributed by atoms with Gasteiger partial charge >= 0.3 is 0 Å². The highest BCUT2D eigenvalue weighted by atomic mass is 35.5. The Morgan fingerprint density at radius 1 is 1.03 bits per heavy atom. The molecule has 1 aliphatic rings. The second-order valence-electron chi connectivity index (χ2n) is 7.44. The number of carbonyl (C=O) groups is 1. The molecule has 32 heavy (non-hydrogen) atoms. The molecule has 9 heteroatoms. The number of rotatable bonds is 3. The molecule has 2 aromatic carbocycles. The minimum Gasteiger partial charge on any atom is -0.352 e. The Hall–Kier alpha value is -3.96. The van der Waals surface area contributed by atoms with Gasteiger partial charge in [-0.1, -0.05) is 23.7 Å². The molecule has 1 fully saturated rings. The first-order valence-electron chi connectivity index (χ1n) is 10.1. The molecule has 0 atom stereocenters. The molecule has 5 rings (SSSR count). The first-order valence-corrected chi connectivity index (χ1v) is 10.5. The van der Waals surface area contributed by atoms with E-state index in [0.29, 0.717) is 48.0 Å². The van der Waals surface area contributed by atoms with E-state index in [4.69, 9.17) is 16.9 Å². The van der Waals surface area contributed by atoms with Gasteiger partial charge in [0.05, 0.1) is 28.9 Å². The summed E-state index contributed by atoms with van der Waals surface area (Å²) in [5.41, 5.74) is 2.54. The second kappa shape index (κ2) is 8.29. The van der Waals surface area contributed by atoms with E-state index in [1.54, 1.807) is 40.0 Å². The zero-order valence-electron chi connectivity index (χ0n) is 17.0. The third kappa shape index (κ3) is 3.63.